The van der Waals surface area contributed by atoms with Gasteiger partial charge >= 0.3 is 0 Å². The maximum absolute atomic E-state index is 12.7. The van der Waals surface area contributed by atoms with E-state index in [4.69, 9.17) is 10.5 Å². The maximum Gasteiger partial charge on any atom is 0.245 e. The minimum atomic E-state index is -0.966. The van der Waals surface area contributed by atoms with E-state index in [1.807, 2.05) is 39.8 Å². The second kappa shape index (κ2) is 11.1. The van der Waals surface area contributed by atoms with Crippen molar-refractivity contribution < 1.29 is 14.3 Å². The number of benzene rings is 1. The van der Waals surface area contributed by atoms with Crippen LogP contribution in [0.2, 0.25) is 0 Å². The average molecular weight is 449 g/mol. The Kier molecular flexibility index (Phi) is 10.6. The van der Waals surface area contributed by atoms with Gasteiger partial charge in [-0.1, -0.05) is 13.8 Å². The Bertz CT molecular complexity index is 683. The molecule has 166 valence electrons. The molecule has 1 fully saturated rings. The molecule has 2 atom stereocenters. The summed E-state index contributed by atoms with van der Waals surface area (Å²) in [6.45, 7) is 7.16. The predicted octanol–water partition coefficient (Wildman–Crippen LogP) is 2.89. The lowest BCUT2D eigenvalue weighted by Crippen LogP contribution is -2.74. The number of nitrogens with two attached hydrogens (primary N) is 1. The first-order valence-corrected chi connectivity index (χ1v) is 9.36. The van der Waals surface area contributed by atoms with Gasteiger partial charge in [-0.3, -0.25) is 9.59 Å². The molecule has 0 saturated heterocycles. The Labute approximate surface area is 185 Å². The van der Waals surface area contributed by atoms with Crippen LogP contribution in [0.1, 0.15) is 33.6 Å². The van der Waals surface area contributed by atoms with Gasteiger partial charge in [-0.2, -0.15) is 0 Å². The third-order valence-corrected chi connectivity index (χ3v) is 5.45. The highest BCUT2D eigenvalue weighted by molar-refractivity contribution is 6.00. The molecule has 7 nitrogen and oxygen atoms in total. The SMILES string of the molecule is CCOC1CC(N)(C(=O)Nc2ccc(NC(=O)CCN(C)C)cc2)C1(C)C.Cl.Cl. The number of nitrogens with one attached hydrogen (secondary N) is 2. The first-order valence-electron chi connectivity index (χ1n) is 9.36. The van der Waals surface area contributed by atoms with Gasteiger partial charge in [0, 0.05) is 42.8 Å². The molecule has 0 aliphatic heterocycles. The number of ether oxygens (including phenoxy) is 1. The van der Waals surface area contributed by atoms with Gasteiger partial charge in [-0.25, -0.2) is 0 Å². The number of amides is 2. The monoisotopic (exact) mass is 448 g/mol. The van der Waals surface area contributed by atoms with Crippen LogP contribution in [-0.2, 0) is 14.3 Å². The highest BCUT2D eigenvalue weighted by atomic mass is 35.5. The van der Waals surface area contributed by atoms with Gasteiger partial charge in [0.1, 0.15) is 5.54 Å². The van der Waals surface area contributed by atoms with Crippen molar-refractivity contribution in [2.45, 2.75) is 45.3 Å². The van der Waals surface area contributed by atoms with Crippen LogP contribution in [0.3, 0.4) is 0 Å². The second-order valence-corrected chi connectivity index (χ2v) is 7.97. The molecular formula is C20H34Cl2N4O3. The van der Waals surface area contributed by atoms with E-state index < -0.39 is 11.0 Å². The molecule has 1 saturated carbocycles. The van der Waals surface area contributed by atoms with Gasteiger partial charge in [0.25, 0.3) is 0 Å². The highest BCUT2D eigenvalue weighted by Crippen LogP contribution is 2.50. The van der Waals surface area contributed by atoms with Gasteiger partial charge < -0.3 is 26.0 Å². The molecular weight excluding hydrogens is 415 g/mol. The number of carbonyl (C=O) groups is 2. The highest BCUT2D eigenvalue weighted by Gasteiger charge is 2.62. The van der Waals surface area contributed by atoms with Crippen molar-refractivity contribution in [2.24, 2.45) is 11.1 Å². The molecule has 4 N–H and O–H groups in total. The van der Waals surface area contributed by atoms with E-state index in [1.165, 1.54) is 0 Å². The largest absolute Gasteiger partial charge is 0.378 e. The van der Waals surface area contributed by atoms with Gasteiger partial charge in [-0.15, -0.1) is 24.8 Å². The van der Waals surface area contributed by atoms with E-state index in [-0.39, 0.29) is 42.7 Å². The quantitative estimate of drug-likeness (QED) is 0.567. The van der Waals surface area contributed by atoms with Gasteiger partial charge in [0.05, 0.1) is 6.10 Å². The fraction of sp³-hybridized carbons (Fsp3) is 0.600. The molecule has 1 aliphatic carbocycles. The lowest BCUT2D eigenvalue weighted by atomic mass is 9.54. The van der Waals surface area contributed by atoms with Gasteiger partial charge in [-0.05, 0) is 45.3 Å². The van der Waals surface area contributed by atoms with Crippen molar-refractivity contribution >= 4 is 48.0 Å². The Morgan fingerprint density at radius 2 is 1.66 bits per heavy atom. The smallest absolute Gasteiger partial charge is 0.245 e. The summed E-state index contributed by atoms with van der Waals surface area (Å²) in [6, 6.07) is 7.05. The Morgan fingerprint density at radius 1 is 1.14 bits per heavy atom. The fourth-order valence-corrected chi connectivity index (χ4v) is 3.25. The molecule has 2 unspecified atom stereocenters. The molecule has 1 aromatic rings. The van der Waals surface area contributed by atoms with Crippen LogP contribution in [0.25, 0.3) is 0 Å². The van der Waals surface area contributed by atoms with Crippen LogP contribution < -0.4 is 16.4 Å². The number of hydrogen-bond donors (Lipinski definition) is 3. The van der Waals surface area contributed by atoms with E-state index in [1.54, 1.807) is 24.3 Å². The molecule has 0 radical (unpaired) electrons. The number of halogens is 2. The zero-order valence-electron chi connectivity index (χ0n) is 17.8. The molecule has 29 heavy (non-hydrogen) atoms. The zero-order valence-corrected chi connectivity index (χ0v) is 19.4. The molecule has 9 heteroatoms. The van der Waals surface area contributed by atoms with Crippen molar-refractivity contribution in [1.82, 2.24) is 4.90 Å². The summed E-state index contributed by atoms with van der Waals surface area (Å²) in [5.74, 6) is -0.259. The number of anilines is 2. The normalized spacial score (nSPS) is 22.0. The molecule has 0 heterocycles. The van der Waals surface area contributed by atoms with Crippen LogP contribution in [0.5, 0.6) is 0 Å². The Balaban J connectivity index is 0.00000392. The average Bonchev–Trinajstić information content (AvgIpc) is 2.61. The van der Waals surface area contributed by atoms with E-state index in [9.17, 15) is 9.59 Å². The lowest BCUT2D eigenvalue weighted by Gasteiger charge is -2.57. The molecule has 0 bridgehead atoms. The van der Waals surface area contributed by atoms with Crippen molar-refractivity contribution in [2.75, 3.05) is 37.9 Å². The zero-order chi connectivity index (χ0) is 20.2. The second-order valence-electron chi connectivity index (χ2n) is 7.97. The minimum Gasteiger partial charge on any atom is -0.378 e. The Morgan fingerprint density at radius 3 is 2.10 bits per heavy atom. The lowest BCUT2D eigenvalue weighted by molar-refractivity contribution is -0.166. The molecule has 0 spiro atoms. The molecule has 0 aromatic heterocycles. The first-order chi connectivity index (χ1) is 12.6. The molecule has 1 aromatic carbocycles. The summed E-state index contributed by atoms with van der Waals surface area (Å²) in [5, 5.41) is 5.73. The van der Waals surface area contributed by atoms with Crippen LogP contribution in [0.4, 0.5) is 11.4 Å². The summed E-state index contributed by atoms with van der Waals surface area (Å²) in [4.78, 5) is 26.6. The van der Waals surface area contributed by atoms with E-state index in [2.05, 4.69) is 10.6 Å². The topological polar surface area (TPSA) is 96.7 Å². The van der Waals surface area contributed by atoms with Crippen molar-refractivity contribution in [1.29, 1.82) is 0 Å². The van der Waals surface area contributed by atoms with E-state index in [0.29, 0.717) is 37.4 Å². The van der Waals surface area contributed by atoms with E-state index >= 15 is 0 Å². The minimum absolute atomic E-state index is 0. The summed E-state index contributed by atoms with van der Waals surface area (Å²) in [7, 11) is 3.85. The van der Waals surface area contributed by atoms with Crippen LogP contribution in [-0.4, -0.2) is 55.6 Å². The fourth-order valence-electron chi connectivity index (χ4n) is 3.25. The Hall–Kier alpha value is -1.38. The summed E-state index contributed by atoms with van der Waals surface area (Å²) < 4.78 is 5.67. The van der Waals surface area contributed by atoms with E-state index in [0.717, 1.165) is 0 Å². The number of hydrogen-bond acceptors (Lipinski definition) is 5. The van der Waals surface area contributed by atoms with Crippen LogP contribution >= 0.6 is 24.8 Å². The number of carbonyl (C=O) groups excluding carboxylic acids is 2. The molecule has 2 amide bonds. The summed E-state index contributed by atoms with van der Waals surface area (Å²) in [6.07, 6.45) is 0.912. The third kappa shape index (κ3) is 6.30. The molecule has 1 aliphatic rings. The van der Waals surface area contributed by atoms with Crippen LogP contribution in [0, 0.1) is 5.41 Å². The molecule has 2 rings (SSSR count). The number of nitrogens with zero attached hydrogens (tertiary/aromatic N) is 1. The van der Waals surface area contributed by atoms with Crippen molar-refractivity contribution in [3.63, 3.8) is 0 Å². The van der Waals surface area contributed by atoms with Crippen molar-refractivity contribution in [3.05, 3.63) is 24.3 Å². The van der Waals surface area contributed by atoms with Crippen LogP contribution in [0.15, 0.2) is 24.3 Å². The summed E-state index contributed by atoms with van der Waals surface area (Å²) >= 11 is 0. The maximum atomic E-state index is 12.7. The van der Waals surface area contributed by atoms with Gasteiger partial charge in [0.15, 0.2) is 0 Å². The predicted molar refractivity (Wildman–Crippen MR) is 122 cm³/mol. The third-order valence-electron chi connectivity index (χ3n) is 5.45. The first kappa shape index (κ1) is 27.6. The van der Waals surface area contributed by atoms with Crippen molar-refractivity contribution in [3.8, 4) is 0 Å². The summed E-state index contributed by atoms with van der Waals surface area (Å²) in [5.41, 5.74) is 6.33. The standard InChI is InChI=1S/C20H32N4O3.2ClH/c1-6-27-16-13-20(21,19(16,2)3)18(26)23-15-9-7-14(8-10-15)22-17(25)11-12-24(4)5;;/h7-10,16H,6,11-13,21H2,1-5H3,(H,22,25)(H,23,26);2*1H. The number of rotatable bonds is 8. The van der Waals surface area contributed by atoms with Gasteiger partial charge in [0.2, 0.25) is 11.8 Å².